The maximum atomic E-state index is 12.9. The summed E-state index contributed by atoms with van der Waals surface area (Å²) < 4.78 is 6.11. The van der Waals surface area contributed by atoms with Gasteiger partial charge in [0, 0.05) is 16.7 Å². The molecule has 1 aliphatic rings. The van der Waals surface area contributed by atoms with Crippen LogP contribution < -0.4 is 10.1 Å². The van der Waals surface area contributed by atoms with Gasteiger partial charge in [-0.05, 0) is 66.1 Å². The van der Waals surface area contributed by atoms with Crippen molar-refractivity contribution in [1.82, 2.24) is 4.90 Å². The second-order valence-electron chi connectivity index (χ2n) is 6.32. The van der Waals surface area contributed by atoms with Gasteiger partial charge < -0.3 is 15.0 Å². The SMILES string of the molecule is COc1cc(I)c(Cl)cc1C(=O)Nc1ccccc1C(=O)N1CCCCC1. The first-order chi connectivity index (χ1) is 13.0. The summed E-state index contributed by atoms with van der Waals surface area (Å²) in [5, 5.41) is 3.31. The number of para-hydroxylation sites is 1. The second-order valence-corrected chi connectivity index (χ2v) is 7.89. The average molecular weight is 499 g/mol. The molecule has 7 heteroatoms. The molecular formula is C20H20ClIN2O3. The number of rotatable bonds is 4. The molecule has 1 saturated heterocycles. The van der Waals surface area contributed by atoms with Crippen LogP contribution in [0.15, 0.2) is 36.4 Å². The number of methoxy groups -OCH3 is 1. The van der Waals surface area contributed by atoms with E-state index in [2.05, 4.69) is 27.9 Å². The van der Waals surface area contributed by atoms with Crippen molar-refractivity contribution < 1.29 is 14.3 Å². The monoisotopic (exact) mass is 498 g/mol. The number of hydrogen-bond donors (Lipinski definition) is 1. The van der Waals surface area contributed by atoms with E-state index < -0.39 is 0 Å². The molecule has 2 aromatic rings. The summed E-state index contributed by atoms with van der Waals surface area (Å²) in [5.74, 6) is 0.00314. The van der Waals surface area contributed by atoms with Crippen molar-refractivity contribution in [2.24, 2.45) is 0 Å². The first kappa shape index (κ1) is 19.9. The van der Waals surface area contributed by atoms with Crippen molar-refractivity contribution in [3.63, 3.8) is 0 Å². The third-order valence-corrected chi connectivity index (χ3v) is 6.06. The summed E-state index contributed by atoms with van der Waals surface area (Å²) in [6.45, 7) is 1.50. The van der Waals surface area contributed by atoms with E-state index in [0.29, 0.717) is 27.6 Å². The van der Waals surface area contributed by atoms with Crippen LogP contribution in [0.5, 0.6) is 5.75 Å². The van der Waals surface area contributed by atoms with E-state index in [-0.39, 0.29) is 11.8 Å². The number of ether oxygens (including phenoxy) is 1. The highest BCUT2D eigenvalue weighted by Crippen LogP contribution is 2.29. The van der Waals surface area contributed by atoms with Gasteiger partial charge in [0.15, 0.2) is 0 Å². The second kappa shape index (κ2) is 8.93. The number of nitrogens with one attached hydrogen (secondary N) is 1. The van der Waals surface area contributed by atoms with Crippen LogP contribution in [-0.4, -0.2) is 36.9 Å². The molecule has 0 aromatic heterocycles. The minimum atomic E-state index is -0.371. The van der Waals surface area contributed by atoms with Crippen LogP contribution in [0.25, 0.3) is 0 Å². The normalized spacial score (nSPS) is 14.0. The Morgan fingerprint density at radius 3 is 2.52 bits per heavy atom. The molecular weight excluding hydrogens is 479 g/mol. The van der Waals surface area contributed by atoms with Gasteiger partial charge in [-0.1, -0.05) is 23.7 Å². The van der Waals surface area contributed by atoms with Crippen LogP contribution in [0.1, 0.15) is 40.0 Å². The summed E-state index contributed by atoms with van der Waals surface area (Å²) in [5.41, 5.74) is 1.29. The zero-order chi connectivity index (χ0) is 19.4. The molecule has 27 heavy (non-hydrogen) atoms. The van der Waals surface area contributed by atoms with Gasteiger partial charge in [-0.15, -0.1) is 0 Å². The first-order valence-corrected chi connectivity index (χ1v) is 10.2. The Morgan fingerprint density at radius 2 is 1.81 bits per heavy atom. The van der Waals surface area contributed by atoms with Crippen LogP contribution in [0, 0.1) is 3.57 Å². The Balaban J connectivity index is 1.87. The smallest absolute Gasteiger partial charge is 0.259 e. The minimum absolute atomic E-state index is 0.0572. The Labute approximate surface area is 177 Å². The third-order valence-electron chi connectivity index (χ3n) is 4.54. The lowest BCUT2D eigenvalue weighted by Gasteiger charge is -2.27. The van der Waals surface area contributed by atoms with Crippen molar-refractivity contribution in [1.29, 1.82) is 0 Å². The molecule has 2 aromatic carbocycles. The Morgan fingerprint density at radius 1 is 1.11 bits per heavy atom. The van der Waals surface area contributed by atoms with Gasteiger partial charge >= 0.3 is 0 Å². The number of amides is 2. The number of carbonyl (C=O) groups excluding carboxylic acids is 2. The van der Waals surface area contributed by atoms with E-state index in [1.54, 1.807) is 36.4 Å². The van der Waals surface area contributed by atoms with Crippen molar-refractivity contribution in [2.45, 2.75) is 19.3 Å². The predicted molar refractivity (Wildman–Crippen MR) is 115 cm³/mol. The molecule has 142 valence electrons. The molecule has 5 nitrogen and oxygen atoms in total. The third kappa shape index (κ3) is 4.55. The van der Waals surface area contributed by atoms with Crippen LogP contribution in [-0.2, 0) is 0 Å². The Hall–Kier alpha value is -1.80. The van der Waals surface area contributed by atoms with E-state index in [1.807, 2.05) is 4.90 Å². The van der Waals surface area contributed by atoms with Crippen molar-refractivity contribution in [3.05, 3.63) is 56.1 Å². The largest absolute Gasteiger partial charge is 0.496 e. The quantitative estimate of drug-likeness (QED) is 0.614. The molecule has 0 radical (unpaired) electrons. The highest BCUT2D eigenvalue weighted by atomic mass is 127. The van der Waals surface area contributed by atoms with E-state index in [4.69, 9.17) is 16.3 Å². The molecule has 0 saturated carbocycles. The van der Waals surface area contributed by atoms with Gasteiger partial charge in [-0.3, -0.25) is 9.59 Å². The fourth-order valence-corrected chi connectivity index (χ4v) is 3.71. The lowest BCUT2D eigenvalue weighted by Crippen LogP contribution is -2.36. The molecule has 1 heterocycles. The van der Waals surface area contributed by atoms with E-state index in [0.717, 1.165) is 35.9 Å². The molecule has 3 rings (SSSR count). The molecule has 0 aliphatic carbocycles. The van der Waals surface area contributed by atoms with Crippen LogP contribution in [0.2, 0.25) is 5.02 Å². The topological polar surface area (TPSA) is 58.6 Å². The first-order valence-electron chi connectivity index (χ1n) is 8.74. The fourth-order valence-electron chi connectivity index (χ4n) is 3.11. The van der Waals surface area contributed by atoms with Gasteiger partial charge in [0.1, 0.15) is 5.75 Å². The summed E-state index contributed by atoms with van der Waals surface area (Å²) in [4.78, 5) is 27.6. The lowest BCUT2D eigenvalue weighted by molar-refractivity contribution is 0.0725. The molecule has 0 spiro atoms. The lowest BCUT2D eigenvalue weighted by atomic mass is 10.1. The van der Waals surface area contributed by atoms with E-state index in [9.17, 15) is 9.59 Å². The molecule has 0 atom stereocenters. The van der Waals surface area contributed by atoms with Crippen LogP contribution in [0.4, 0.5) is 5.69 Å². The number of benzene rings is 2. The summed E-state index contributed by atoms with van der Waals surface area (Å²) in [6, 6.07) is 10.4. The summed E-state index contributed by atoms with van der Waals surface area (Å²) >= 11 is 8.25. The number of likely N-dealkylation sites (tertiary alicyclic amines) is 1. The van der Waals surface area contributed by atoms with Crippen molar-refractivity contribution >= 4 is 51.7 Å². The fraction of sp³-hybridized carbons (Fsp3) is 0.300. The molecule has 1 aliphatic heterocycles. The van der Waals surface area contributed by atoms with Crippen LogP contribution >= 0.6 is 34.2 Å². The Bertz CT molecular complexity index is 866. The summed E-state index contributed by atoms with van der Waals surface area (Å²) in [6.07, 6.45) is 3.17. The predicted octanol–water partition coefficient (Wildman–Crippen LogP) is 4.83. The zero-order valence-electron chi connectivity index (χ0n) is 14.9. The zero-order valence-corrected chi connectivity index (χ0v) is 17.8. The van der Waals surface area contributed by atoms with Crippen molar-refractivity contribution in [3.8, 4) is 5.75 Å². The van der Waals surface area contributed by atoms with Gasteiger partial charge in [-0.25, -0.2) is 0 Å². The number of nitrogens with zero attached hydrogens (tertiary/aromatic N) is 1. The molecule has 2 amide bonds. The standard InChI is InChI=1S/C20H20ClIN2O3/c1-27-18-12-16(22)15(21)11-14(18)19(25)23-17-8-4-3-7-13(17)20(26)24-9-5-2-6-10-24/h3-4,7-8,11-12H,2,5-6,9-10H2,1H3,(H,23,25). The molecule has 1 fully saturated rings. The van der Waals surface area contributed by atoms with Gasteiger partial charge in [0.25, 0.3) is 11.8 Å². The molecule has 1 N–H and O–H groups in total. The average Bonchev–Trinajstić information content (AvgIpc) is 2.70. The van der Waals surface area contributed by atoms with Gasteiger partial charge in [0.05, 0.1) is 28.9 Å². The van der Waals surface area contributed by atoms with E-state index >= 15 is 0 Å². The highest BCUT2D eigenvalue weighted by Gasteiger charge is 2.22. The number of halogens is 2. The maximum absolute atomic E-state index is 12.9. The highest BCUT2D eigenvalue weighted by molar-refractivity contribution is 14.1. The number of anilines is 1. The van der Waals surface area contributed by atoms with Crippen LogP contribution in [0.3, 0.4) is 0 Å². The number of hydrogen-bond acceptors (Lipinski definition) is 3. The molecule has 0 bridgehead atoms. The number of piperidine rings is 1. The molecule has 0 unspecified atom stereocenters. The van der Waals surface area contributed by atoms with Crippen molar-refractivity contribution in [2.75, 3.05) is 25.5 Å². The Kier molecular flexibility index (Phi) is 6.59. The number of carbonyl (C=O) groups is 2. The minimum Gasteiger partial charge on any atom is -0.496 e. The summed E-state index contributed by atoms with van der Waals surface area (Å²) in [7, 11) is 1.50. The maximum Gasteiger partial charge on any atom is 0.259 e. The van der Waals surface area contributed by atoms with Gasteiger partial charge in [-0.2, -0.15) is 0 Å². The van der Waals surface area contributed by atoms with E-state index in [1.165, 1.54) is 7.11 Å². The van der Waals surface area contributed by atoms with Gasteiger partial charge in [0.2, 0.25) is 0 Å².